The Morgan fingerprint density at radius 2 is 1.57 bits per heavy atom. The van der Waals surface area contributed by atoms with Crippen molar-refractivity contribution < 1.29 is 14.3 Å². The van der Waals surface area contributed by atoms with Gasteiger partial charge in [0, 0.05) is 24.1 Å². The first kappa shape index (κ1) is 13.7. The van der Waals surface area contributed by atoms with Gasteiger partial charge >= 0.3 is 0 Å². The molecule has 0 atom stereocenters. The third-order valence-electron chi connectivity index (χ3n) is 4.06. The summed E-state index contributed by atoms with van der Waals surface area (Å²) in [7, 11) is 3.36. The molecule has 1 aliphatic carbocycles. The largest absolute Gasteiger partial charge is 0.496 e. The van der Waals surface area contributed by atoms with Gasteiger partial charge in [0.1, 0.15) is 11.5 Å². The van der Waals surface area contributed by atoms with Crippen LogP contribution in [-0.4, -0.2) is 26.2 Å². The van der Waals surface area contributed by atoms with Gasteiger partial charge in [0.15, 0.2) is 0 Å². The molecule has 110 valence electrons. The molecule has 0 heterocycles. The summed E-state index contributed by atoms with van der Waals surface area (Å²) >= 11 is 0. The molecular formula is C17H19NO3. The van der Waals surface area contributed by atoms with Crippen LogP contribution in [0.25, 0.3) is 10.8 Å². The normalized spacial score (nSPS) is 14.0. The van der Waals surface area contributed by atoms with Crippen molar-refractivity contribution in [3.8, 4) is 11.5 Å². The van der Waals surface area contributed by atoms with Gasteiger partial charge in [0.25, 0.3) is 0 Å². The Balaban J connectivity index is 2.21. The molecule has 0 fully saturated rings. The number of benzene rings is 2. The maximum atomic E-state index is 11.4. The van der Waals surface area contributed by atoms with Crippen molar-refractivity contribution in [1.82, 2.24) is 5.32 Å². The second-order valence-corrected chi connectivity index (χ2v) is 5.40. The number of carbonyl (C=O) groups is 1. The summed E-state index contributed by atoms with van der Waals surface area (Å²) in [6.45, 7) is 1.55. The number of hydrogen-bond acceptors (Lipinski definition) is 3. The third kappa shape index (κ3) is 2.31. The molecule has 1 aliphatic rings. The van der Waals surface area contributed by atoms with Crippen LogP contribution in [0.4, 0.5) is 0 Å². The second kappa shape index (κ2) is 5.28. The molecule has 0 bridgehead atoms. The highest BCUT2D eigenvalue weighted by Gasteiger charge is 2.26. The smallest absolute Gasteiger partial charge is 0.217 e. The zero-order valence-electron chi connectivity index (χ0n) is 12.5. The molecule has 21 heavy (non-hydrogen) atoms. The SMILES string of the molecule is COc1ccc2ccc(OC)c3c2c1CC(NC(C)=O)C3. The second-order valence-electron chi connectivity index (χ2n) is 5.40. The highest BCUT2D eigenvalue weighted by molar-refractivity contribution is 5.93. The minimum Gasteiger partial charge on any atom is -0.496 e. The first-order valence-corrected chi connectivity index (χ1v) is 7.06. The first-order chi connectivity index (χ1) is 10.1. The number of rotatable bonds is 3. The molecule has 0 aromatic heterocycles. The van der Waals surface area contributed by atoms with Gasteiger partial charge in [-0.1, -0.05) is 12.1 Å². The van der Waals surface area contributed by atoms with Crippen molar-refractivity contribution in [2.45, 2.75) is 25.8 Å². The van der Waals surface area contributed by atoms with E-state index in [1.165, 1.54) is 10.8 Å². The molecule has 3 rings (SSSR count). The molecular weight excluding hydrogens is 266 g/mol. The number of amides is 1. The van der Waals surface area contributed by atoms with E-state index < -0.39 is 0 Å². The Morgan fingerprint density at radius 1 is 1.05 bits per heavy atom. The van der Waals surface area contributed by atoms with Gasteiger partial charge in [-0.15, -0.1) is 0 Å². The van der Waals surface area contributed by atoms with Crippen molar-refractivity contribution in [3.63, 3.8) is 0 Å². The Morgan fingerprint density at radius 3 is 2.00 bits per heavy atom. The number of hydrogen-bond donors (Lipinski definition) is 1. The van der Waals surface area contributed by atoms with Gasteiger partial charge in [0.05, 0.1) is 14.2 Å². The van der Waals surface area contributed by atoms with E-state index in [1.807, 2.05) is 12.1 Å². The summed E-state index contributed by atoms with van der Waals surface area (Å²) in [5, 5.41) is 5.41. The molecule has 0 aliphatic heterocycles. The zero-order valence-corrected chi connectivity index (χ0v) is 12.5. The summed E-state index contributed by atoms with van der Waals surface area (Å²) in [6, 6.07) is 8.19. The molecule has 2 aromatic rings. The van der Waals surface area contributed by atoms with E-state index in [9.17, 15) is 4.79 Å². The van der Waals surface area contributed by atoms with Crippen molar-refractivity contribution in [1.29, 1.82) is 0 Å². The number of methoxy groups -OCH3 is 2. The molecule has 0 radical (unpaired) electrons. The molecule has 1 amide bonds. The molecule has 0 saturated heterocycles. The predicted octanol–water partition coefficient (Wildman–Crippen LogP) is 2.46. The fourth-order valence-electron chi connectivity index (χ4n) is 3.27. The van der Waals surface area contributed by atoms with Crippen molar-refractivity contribution in [3.05, 3.63) is 35.4 Å². The van der Waals surface area contributed by atoms with Gasteiger partial charge in [-0.3, -0.25) is 4.79 Å². The van der Waals surface area contributed by atoms with Crippen LogP contribution in [0.1, 0.15) is 18.1 Å². The predicted molar refractivity (Wildman–Crippen MR) is 82.1 cm³/mol. The quantitative estimate of drug-likeness (QED) is 0.942. The molecule has 0 unspecified atom stereocenters. The maximum Gasteiger partial charge on any atom is 0.217 e. The summed E-state index contributed by atoms with van der Waals surface area (Å²) < 4.78 is 11.0. The molecule has 0 spiro atoms. The fourth-order valence-corrected chi connectivity index (χ4v) is 3.27. The Hall–Kier alpha value is -2.23. The van der Waals surface area contributed by atoms with Crippen LogP contribution in [0.3, 0.4) is 0 Å². The molecule has 4 nitrogen and oxygen atoms in total. The van der Waals surface area contributed by atoms with Crippen LogP contribution in [0.15, 0.2) is 24.3 Å². The van der Waals surface area contributed by atoms with E-state index in [0.29, 0.717) is 0 Å². The van der Waals surface area contributed by atoms with Crippen LogP contribution in [-0.2, 0) is 17.6 Å². The van der Waals surface area contributed by atoms with Gasteiger partial charge in [-0.05, 0) is 35.7 Å². The molecule has 1 N–H and O–H groups in total. The lowest BCUT2D eigenvalue weighted by Crippen LogP contribution is -2.38. The van der Waals surface area contributed by atoms with Crippen LogP contribution >= 0.6 is 0 Å². The standard InChI is InChI=1S/C17H19NO3/c1-10(19)18-12-8-13-15(20-2)6-4-11-5-7-16(21-3)14(9-12)17(11)13/h4-7,12H,8-9H2,1-3H3,(H,18,19). The van der Waals surface area contributed by atoms with Crippen molar-refractivity contribution >= 4 is 16.7 Å². The summed E-state index contributed by atoms with van der Waals surface area (Å²) in [5.74, 6) is 1.73. The molecule has 2 aromatic carbocycles. The average Bonchev–Trinajstić information content (AvgIpc) is 2.47. The summed E-state index contributed by atoms with van der Waals surface area (Å²) in [6.07, 6.45) is 1.56. The van der Waals surface area contributed by atoms with Gasteiger partial charge in [-0.2, -0.15) is 0 Å². The van der Waals surface area contributed by atoms with Crippen LogP contribution in [0.5, 0.6) is 11.5 Å². The van der Waals surface area contributed by atoms with Crippen molar-refractivity contribution in [2.24, 2.45) is 0 Å². The highest BCUT2D eigenvalue weighted by Crippen LogP contribution is 2.39. The van der Waals surface area contributed by atoms with E-state index in [0.717, 1.165) is 35.5 Å². The number of nitrogens with one attached hydrogen (secondary N) is 1. The monoisotopic (exact) mass is 285 g/mol. The third-order valence-corrected chi connectivity index (χ3v) is 4.06. The topological polar surface area (TPSA) is 47.6 Å². The van der Waals surface area contributed by atoms with Crippen LogP contribution in [0, 0.1) is 0 Å². The Kier molecular flexibility index (Phi) is 3.45. The summed E-state index contributed by atoms with van der Waals surface area (Å²) in [4.78, 5) is 11.4. The lowest BCUT2D eigenvalue weighted by molar-refractivity contribution is -0.119. The van der Waals surface area contributed by atoms with E-state index in [-0.39, 0.29) is 11.9 Å². The Bertz CT molecular complexity index is 660. The van der Waals surface area contributed by atoms with Gasteiger partial charge in [-0.25, -0.2) is 0 Å². The van der Waals surface area contributed by atoms with E-state index >= 15 is 0 Å². The highest BCUT2D eigenvalue weighted by atomic mass is 16.5. The Labute approximate surface area is 124 Å². The van der Waals surface area contributed by atoms with Crippen LogP contribution < -0.4 is 14.8 Å². The van der Waals surface area contributed by atoms with E-state index in [2.05, 4.69) is 17.4 Å². The minimum absolute atomic E-state index is 0.00973. The lowest BCUT2D eigenvalue weighted by atomic mass is 9.84. The number of ether oxygens (including phenoxy) is 2. The fraction of sp³-hybridized carbons (Fsp3) is 0.353. The molecule has 4 heteroatoms. The average molecular weight is 285 g/mol. The van der Waals surface area contributed by atoms with E-state index in [4.69, 9.17) is 9.47 Å². The van der Waals surface area contributed by atoms with Gasteiger partial charge < -0.3 is 14.8 Å². The van der Waals surface area contributed by atoms with Gasteiger partial charge in [0.2, 0.25) is 5.91 Å². The maximum absolute atomic E-state index is 11.4. The summed E-state index contributed by atoms with van der Waals surface area (Å²) in [5.41, 5.74) is 2.29. The lowest BCUT2D eigenvalue weighted by Gasteiger charge is -2.28. The number of carbonyl (C=O) groups excluding carboxylic acids is 1. The van der Waals surface area contributed by atoms with E-state index in [1.54, 1.807) is 21.1 Å². The first-order valence-electron chi connectivity index (χ1n) is 7.06. The zero-order chi connectivity index (χ0) is 15.0. The van der Waals surface area contributed by atoms with Crippen LogP contribution in [0.2, 0.25) is 0 Å². The minimum atomic E-state index is -0.00973. The molecule has 0 saturated carbocycles. The van der Waals surface area contributed by atoms with Crippen molar-refractivity contribution in [2.75, 3.05) is 14.2 Å².